The van der Waals surface area contributed by atoms with Crippen LogP contribution >= 0.6 is 0 Å². The van der Waals surface area contributed by atoms with Crippen molar-refractivity contribution >= 4 is 11.9 Å². The van der Waals surface area contributed by atoms with Crippen molar-refractivity contribution < 1.29 is 13.9 Å². The van der Waals surface area contributed by atoms with E-state index in [9.17, 15) is 4.79 Å². The summed E-state index contributed by atoms with van der Waals surface area (Å²) in [4.78, 5) is 16.6. The van der Waals surface area contributed by atoms with E-state index in [1.807, 2.05) is 37.3 Å². The molecule has 1 aliphatic rings. The lowest BCUT2D eigenvalue weighted by Crippen LogP contribution is -2.43. The van der Waals surface area contributed by atoms with Crippen LogP contribution in [0.4, 0.5) is 0 Å². The van der Waals surface area contributed by atoms with Gasteiger partial charge in [0.15, 0.2) is 5.96 Å². The summed E-state index contributed by atoms with van der Waals surface area (Å²) in [5.41, 5.74) is 1.03. The number of hydrogen-bond donors (Lipinski definition) is 3. The number of hydrogen-bond acceptors (Lipinski definition) is 4. The molecule has 1 aliphatic carbocycles. The maximum Gasteiger partial charge on any atom is 0.239 e. The molecule has 1 fully saturated rings. The molecule has 7 nitrogen and oxygen atoms in total. The topological polar surface area (TPSA) is 87.9 Å². The first-order valence-electron chi connectivity index (χ1n) is 9.76. The van der Waals surface area contributed by atoms with Crippen molar-refractivity contribution in [1.82, 2.24) is 16.0 Å². The van der Waals surface area contributed by atoms with E-state index in [4.69, 9.17) is 9.15 Å². The summed E-state index contributed by atoms with van der Waals surface area (Å²) in [6.07, 6.45) is 4.11. The summed E-state index contributed by atoms with van der Waals surface area (Å²) in [5, 5.41) is 9.01. The van der Waals surface area contributed by atoms with Crippen molar-refractivity contribution in [3.05, 3.63) is 54.0 Å². The highest BCUT2D eigenvalue weighted by Crippen LogP contribution is 2.30. The summed E-state index contributed by atoms with van der Waals surface area (Å²) < 4.78 is 11.1. The number of guanidine groups is 1. The Morgan fingerprint density at radius 1 is 1.18 bits per heavy atom. The highest BCUT2D eigenvalue weighted by Gasteiger charge is 2.22. The van der Waals surface area contributed by atoms with Crippen molar-refractivity contribution in [3.8, 4) is 5.75 Å². The van der Waals surface area contributed by atoms with Crippen LogP contribution in [-0.4, -0.2) is 31.6 Å². The van der Waals surface area contributed by atoms with Gasteiger partial charge in [0.1, 0.15) is 11.5 Å². The molecule has 0 spiro atoms. The summed E-state index contributed by atoms with van der Waals surface area (Å²) in [7, 11) is 0. The predicted molar refractivity (Wildman–Crippen MR) is 108 cm³/mol. The van der Waals surface area contributed by atoms with Gasteiger partial charge in [-0.1, -0.05) is 18.2 Å². The third-order valence-electron chi connectivity index (χ3n) is 4.35. The number of aliphatic imine (C=N–C) groups is 1. The summed E-state index contributed by atoms with van der Waals surface area (Å²) in [6.45, 7) is 4.44. The monoisotopic (exact) mass is 384 g/mol. The van der Waals surface area contributed by atoms with E-state index in [-0.39, 0.29) is 12.5 Å². The minimum Gasteiger partial charge on any atom is -0.493 e. The highest BCUT2D eigenvalue weighted by molar-refractivity contribution is 5.86. The Morgan fingerprint density at radius 2 is 2.04 bits per heavy atom. The third kappa shape index (κ3) is 6.64. The molecule has 1 saturated carbocycles. The van der Waals surface area contributed by atoms with Gasteiger partial charge in [0, 0.05) is 12.1 Å². The molecule has 0 bridgehead atoms. The predicted octanol–water partition coefficient (Wildman–Crippen LogP) is 2.44. The lowest BCUT2D eigenvalue weighted by Gasteiger charge is -2.13. The molecule has 28 heavy (non-hydrogen) atoms. The second kappa shape index (κ2) is 10.4. The number of amides is 1. The fourth-order valence-corrected chi connectivity index (χ4v) is 2.60. The van der Waals surface area contributed by atoms with Crippen molar-refractivity contribution in [2.75, 3.05) is 19.7 Å². The largest absolute Gasteiger partial charge is 0.493 e. The maximum absolute atomic E-state index is 12.0. The van der Waals surface area contributed by atoms with E-state index in [0.29, 0.717) is 31.5 Å². The van der Waals surface area contributed by atoms with E-state index in [1.54, 1.807) is 12.3 Å². The molecule has 0 radical (unpaired) electrons. The third-order valence-corrected chi connectivity index (χ3v) is 4.35. The Labute approximate surface area is 165 Å². The van der Waals surface area contributed by atoms with Crippen molar-refractivity contribution in [1.29, 1.82) is 0 Å². The number of para-hydroxylation sites is 1. The fourth-order valence-electron chi connectivity index (χ4n) is 2.60. The van der Waals surface area contributed by atoms with Gasteiger partial charge in [-0.05, 0) is 43.9 Å². The Bertz CT molecular complexity index is 770. The number of nitrogens with zero attached hydrogens (tertiary/aromatic N) is 1. The smallest absolute Gasteiger partial charge is 0.239 e. The molecule has 3 N–H and O–H groups in total. The van der Waals surface area contributed by atoms with Gasteiger partial charge in [-0.3, -0.25) is 4.79 Å². The maximum atomic E-state index is 12.0. The first-order valence-corrected chi connectivity index (χ1v) is 9.76. The van der Waals surface area contributed by atoms with Crippen LogP contribution in [0.1, 0.15) is 31.1 Å². The van der Waals surface area contributed by atoms with E-state index in [1.165, 1.54) is 12.8 Å². The molecular weight excluding hydrogens is 356 g/mol. The van der Waals surface area contributed by atoms with E-state index in [2.05, 4.69) is 20.9 Å². The lowest BCUT2D eigenvalue weighted by atomic mass is 10.2. The average Bonchev–Trinajstić information content (AvgIpc) is 3.40. The SMILES string of the molecule is CCNC(=NCc1ccccc1OCC1CC1)NCC(=O)NCc1ccco1. The van der Waals surface area contributed by atoms with E-state index < -0.39 is 0 Å². The van der Waals surface area contributed by atoms with Gasteiger partial charge >= 0.3 is 0 Å². The fraction of sp³-hybridized carbons (Fsp3) is 0.429. The van der Waals surface area contributed by atoms with Gasteiger partial charge in [0.25, 0.3) is 0 Å². The number of benzene rings is 1. The second-order valence-electron chi connectivity index (χ2n) is 6.77. The molecule has 1 amide bonds. The van der Waals surface area contributed by atoms with E-state index >= 15 is 0 Å². The van der Waals surface area contributed by atoms with Gasteiger partial charge < -0.3 is 25.1 Å². The number of carbonyl (C=O) groups is 1. The number of rotatable bonds is 10. The quantitative estimate of drug-likeness (QED) is 0.433. The van der Waals surface area contributed by atoms with Gasteiger partial charge in [-0.25, -0.2) is 4.99 Å². The Balaban J connectivity index is 1.49. The van der Waals surface area contributed by atoms with E-state index in [0.717, 1.165) is 23.7 Å². The molecule has 2 aromatic rings. The summed E-state index contributed by atoms with van der Waals surface area (Å²) in [5.74, 6) is 2.76. The average molecular weight is 384 g/mol. The van der Waals surface area contributed by atoms with Gasteiger partial charge in [-0.15, -0.1) is 0 Å². The van der Waals surface area contributed by atoms with Crippen LogP contribution in [-0.2, 0) is 17.9 Å². The minimum atomic E-state index is -0.129. The number of nitrogens with one attached hydrogen (secondary N) is 3. The molecule has 1 heterocycles. The van der Waals surface area contributed by atoms with Gasteiger partial charge in [0.2, 0.25) is 5.91 Å². The zero-order valence-corrected chi connectivity index (χ0v) is 16.2. The minimum absolute atomic E-state index is 0.129. The molecule has 0 atom stereocenters. The standard InChI is InChI=1S/C21H28N4O3/c1-2-22-21(25-14-20(26)23-13-18-7-5-11-27-18)24-12-17-6-3-4-8-19(17)28-15-16-9-10-16/h3-8,11,16H,2,9-10,12-15H2,1H3,(H,23,26)(H2,22,24,25). The Morgan fingerprint density at radius 3 is 2.79 bits per heavy atom. The molecule has 0 saturated heterocycles. The lowest BCUT2D eigenvalue weighted by molar-refractivity contribution is -0.120. The molecule has 150 valence electrons. The summed E-state index contributed by atoms with van der Waals surface area (Å²) in [6, 6.07) is 11.6. The number of ether oxygens (including phenoxy) is 1. The van der Waals surface area contributed by atoms with Crippen LogP contribution in [0.15, 0.2) is 52.1 Å². The van der Waals surface area contributed by atoms with Crippen LogP contribution in [0.3, 0.4) is 0 Å². The molecule has 0 unspecified atom stereocenters. The normalized spacial score (nSPS) is 13.8. The van der Waals surface area contributed by atoms with Gasteiger partial charge in [-0.2, -0.15) is 0 Å². The van der Waals surface area contributed by atoms with Crippen molar-refractivity contribution in [2.45, 2.75) is 32.9 Å². The zero-order chi connectivity index (χ0) is 19.6. The van der Waals surface area contributed by atoms with Crippen LogP contribution < -0.4 is 20.7 Å². The Kier molecular flexibility index (Phi) is 7.35. The van der Waals surface area contributed by atoms with Crippen molar-refractivity contribution in [3.63, 3.8) is 0 Å². The molecule has 3 rings (SSSR count). The first-order chi connectivity index (χ1) is 13.7. The molecular formula is C21H28N4O3. The van der Waals surface area contributed by atoms with Crippen LogP contribution in [0.25, 0.3) is 0 Å². The Hall–Kier alpha value is -2.96. The van der Waals surface area contributed by atoms with Crippen LogP contribution in [0.2, 0.25) is 0 Å². The highest BCUT2D eigenvalue weighted by atomic mass is 16.5. The molecule has 0 aliphatic heterocycles. The van der Waals surface area contributed by atoms with Crippen LogP contribution in [0.5, 0.6) is 5.75 Å². The number of carbonyl (C=O) groups excluding carboxylic acids is 1. The van der Waals surface area contributed by atoms with Gasteiger partial charge in [0.05, 0.1) is 32.5 Å². The van der Waals surface area contributed by atoms with Crippen molar-refractivity contribution in [2.24, 2.45) is 10.9 Å². The molecule has 1 aromatic carbocycles. The second-order valence-corrected chi connectivity index (χ2v) is 6.77. The molecule has 1 aromatic heterocycles. The van der Waals surface area contributed by atoms with Crippen LogP contribution in [0, 0.1) is 5.92 Å². The molecule has 7 heteroatoms. The first kappa shape index (κ1) is 19.8. The zero-order valence-electron chi connectivity index (χ0n) is 16.2. The summed E-state index contributed by atoms with van der Waals surface area (Å²) >= 11 is 0. The number of furan rings is 1.